The summed E-state index contributed by atoms with van der Waals surface area (Å²) in [5, 5.41) is 0. The molecule has 2 unspecified atom stereocenters. The summed E-state index contributed by atoms with van der Waals surface area (Å²) in [6.07, 6.45) is 4.68. The summed E-state index contributed by atoms with van der Waals surface area (Å²) in [5.74, 6) is 1.49. The predicted octanol–water partition coefficient (Wildman–Crippen LogP) is 3.86. The smallest absolute Gasteiger partial charge is 0.0414 e. The lowest BCUT2D eigenvalue weighted by Crippen LogP contribution is -2.43. The van der Waals surface area contributed by atoms with Crippen LogP contribution in [-0.4, -0.2) is 0 Å². The Labute approximate surface area is 105 Å². The first-order valence-corrected chi connectivity index (χ1v) is 6.92. The molecule has 1 aliphatic rings. The van der Waals surface area contributed by atoms with Crippen molar-refractivity contribution in [2.75, 3.05) is 0 Å². The number of rotatable bonds is 2. The van der Waals surface area contributed by atoms with Gasteiger partial charge in [-0.2, -0.15) is 0 Å². The molecule has 0 amide bonds. The Kier molecular flexibility index (Phi) is 3.58. The van der Waals surface area contributed by atoms with E-state index in [1.807, 2.05) is 0 Å². The molecule has 1 fully saturated rings. The van der Waals surface area contributed by atoms with Crippen molar-refractivity contribution >= 4 is 0 Å². The van der Waals surface area contributed by atoms with Gasteiger partial charge in [0.1, 0.15) is 0 Å². The lowest BCUT2D eigenvalue weighted by Gasteiger charge is -2.40. The maximum atomic E-state index is 6.68. The van der Waals surface area contributed by atoms with Gasteiger partial charge in [0.25, 0.3) is 0 Å². The highest BCUT2D eigenvalue weighted by Gasteiger charge is 2.35. The number of hydrogen-bond acceptors (Lipinski definition) is 1. The second-order valence-electron chi connectivity index (χ2n) is 6.06. The van der Waals surface area contributed by atoms with E-state index >= 15 is 0 Å². The molecule has 0 aliphatic heterocycles. The van der Waals surface area contributed by atoms with Crippen LogP contribution in [0.5, 0.6) is 0 Å². The molecule has 1 saturated carbocycles. The molecule has 1 aromatic rings. The molecule has 0 radical (unpaired) electrons. The lowest BCUT2D eigenvalue weighted by molar-refractivity contribution is 0.183. The monoisotopic (exact) mass is 231 g/mol. The minimum Gasteiger partial charge on any atom is -0.321 e. The Balaban J connectivity index is 2.29. The predicted molar refractivity (Wildman–Crippen MR) is 73.9 cm³/mol. The van der Waals surface area contributed by atoms with Crippen LogP contribution in [0.4, 0.5) is 0 Å². The Bertz CT molecular complexity index is 373. The van der Waals surface area contributed by atoms with Crippen LogP contribution in [0.15, 0.2) is 24.3 Å². The van der Waals surface area contributed by atoms with Crippen molar-refractivity contribution in [3.8, 4) is 0 Å². The van der Waals surface area contributed by atoms with Gasteiger partial charge in [0.15, 0.2) is 0 Å². The molecule has 17 heavy (non-hydrogen) atoms. The first kappa shape index (κ1) is 12.6. The average molecular weight is 231 g/mol. The summed E-state index contributed by atoms with van der Waals surface area (Å²) in [6.45, 7) is 6.87. The zero-order valence-corrected chi connectivity index (χ0v) is 11.4. The second-order valence-corrected chi connectivity index (χ2v) is 6.06. The molecule has 0 heterocycles. The summed E-state index contributed by atoms with van der Waals surface area (Å²) >= 11 is 0. The van der Waals surface area contributed by atoms with Gasteiger partial charge in [-0.3, -0.25) is 0 Å². The molecular weight excluding hydrogens is 206 g/mol. The highest BCUT2D eigenvalue weighted by Crippen LogP contribution is 2.40. The first-order valence-electron chi connectivity index (χ1n) is 6.92. The van der Waals surface area contributed by atoms with Gasteiger partial charge in [-0.05, 0) is 48.6 Å². The summed E-state index contributed by atoms with van der Waals surface area (Å²) in [5.41, 5.74) is 9.33. The second kappa shape index (κ2) is 4.81. The lowest BCUT2D eigenvalue weighted by atomic mass is 9.69. The van der Waals surface area contributed by atoms with Crippen molar-refractivity contribution in [2.24, 2.45) is 17.6 Å². The fraction of sp³-hybridized carbons (Fsp3) is 0.625. The third-order valence-electron chi connectivity index (χ3n) is 4.14. The van der Waals surface area contributed by atoms with Gasteiger partial charge < -0.3 is 5.73 Å². The number of benzene rings is 1. The summed E-state index contributed by atoms with van der Waals surface area (Å²) < 4.78 is 0. The molecule has 94 valence electrons. The van der Waals surface area contributed by atoms with Gasteiger partial charge in [-0.15, -0.1) is 0 Å². The van der Waals surface area contributed by atoms with Gasteiger partial charge >= 0.3 is 0 Å². The highest BCUT2D eigenvalue weighted by atomic mass is 14.8. The van der Waals surface area contributed by atoms with Crippen molar-refractivity contribution in [3.05, 3.63) is 35.4 Å². The molecule has 0 saturated heterocycles. The van der Waals surface area contributed by atoms with Gasteiger partial charge in [-0.1, -0.05) is 45.0 Å². The normalized spacial score (nSPS) is 33.6. The van der Waals surface area contributed by atoms with E-state index in [9.17, 15) is 0 Å². The van der Waals surface area contributed by atoms with E-state index in [-0.39, 0.29) is 5.54 Å². The molecule has 2 N–H and O–H groups in total. The third kappa shape index (κ3) is 2.71. The van der Waals surface area contributed by atoms with Crippen molar-refractivity contribution in [2.45, 2.75) is 52.0 Å². The molecule has 1 nitrogen and oxygen atoms in total. The Morgan fingerprint density at radius 1 is 1.24 bits per heavy atom. The standard InChI is InChI=1S/C16H25N/c1-4-14-6-5-7-15(9-14)16(17)10-12(2)8-13(3)11-16/h5-7,9,12-13H,4,8,10-11,17H2,1-3H3. The molecule has 0 aromatic heterocycles. The molecule has 1 aliphatic carbocycles. The first-order chi connectivity index (χ1) is 8.03. The van der Waals surface area contributed by atoms with Crippen molar-refractivity contribution in [1.29, 1.82) is 0 Å². The maximum Gasteiger partial charge on any atom is 0.0414 e. The Morgan fingerprint density at radius 3 is 2.47 bits per heavy atom. The van der Waals surface area contributed by atoms with Crippen LogP contribution in [0, 0.1) is 11.8 Å². The Morgan fingerprint density at radius 2 is 1.88 bits per heavy atom. The largest absolute Gasteiger partial charge is 0.321 e. The van der Waals surface area contributed by atoms with Gasteiger partial charge in [0, 0.05) is 5.54 Å². The maximum absolute atomic E-state index is 6.68. The molecule has 2 atom stereocenters. The molecule has 0 bridgehead atoms. The van der Waals surface area contributed by atoms with Crippen LogP contribution in [-0.2, 0) is 12.0 Å². The van der Waals surface area contributed by atoms with Gasteiger partial charge in [0.2, 0.25) is 0 Å². The quantitative estimate of drug-likeness (QED) is 0.821. The minimum atomic E-state index is -0.0950. The fourth-order valence-electron chi connectivity index (χ4n) is 3.52. The van der Waals surface area contributed by atoms with Gasteiger partial charge in [-0.25, -0.2) is 0 Å². The number of nitrogens with two attached hydrogens (primary N) is 1. The van der Waals surface area contributed by atoms with E-state index in [1.54, 1.807) is 0 Å². The zero-order valence-electron chi connectivity index (χ0n) is 11.4. The van der Waals surface area contributed by atoms with E-state index in [2.05, 4.69) is 45.0 Å². The molecule has 1 heteroatoms. The highest BCUT2D eigenvalue weighted by molar-refractivity contribution is 5.30. The number of hydrogen-bond donors (Lipinski definition) is 1. The summed E-state index contributed by atoms with van der Waals surface area (Å²) in [6, 6.07) is 8.88. The Hall–Kier alpha value is -0.820. The van der Waals surface area contributed by atoms with Crippen LogP contribution in [0.1, 0.15) is 51.2 Å². The van der Waals surface area contributed by atoms with E-state index in [0.29, 0.717) is 0 Å². The van der Waals surface area contributed by atoms with Crippen molar-refractivity contribution < 1.29 is 0 Å². The average Bonchev–Trinajstić information content (AvgIpc) is 2.27. The van der Waals surface area contributed by atoms with Crippen molar-refractivity contribution in [1.82, 2.24) is 0 Å². The van der Waals surface area contributed by atoms with Crippen LogP contribution in [0.3, 0.4) is 0 Å². The summed E-state index contributed by atoms with van der Waals surface area (Å²) in [7, 11) is 0. The molecule has 2 rings (SSSR count). The van der Waals surface area contributed by atoms with Crippen LogP contribution < -0.4 is 5.73 Å². The van der Waals surface area contributed by atoms with Crippen LogP contribution >= 0.6 is 0 Å². The van der Waals surface area contributed by atoms with E-state index in [0.717, 1.165) is 31.1 Å². The van der Waals surface area contributed by atoms with E-state index in [4.69, 9.17) is 5.73 Å². The SMILES string of the molecule is CCc1cccc(C2(N)CC(C)CC(C)C2)c1. The minimum absolute atomic E-state index is 0.0950. The molecule has 1 aromatic carbocycles. The summed E-state index contributed by atoms with van der Waals surface area (Å²) in [4.78, 5) is 0. The number of aryl methyl sites for hydroxylation is 1. The van der Waals surface area contributed by atoms with E-state index < -0.39 is 0 Å². The zero-order chi connectivity index (χ0) is 12.5. The fourth-order valence-corrected chi connectivity index (χ4v) is 3.52. The molecule has 0 spiro atoms. The van der Waals surface area contributed by atoms with E-state index in [1.165, 1.54) is 17.5 Å². The van der Waals surface area contributed by atoms with Crippen LogP contribution in [0.25, 0.3) is 0 Å². The topological polar surface area (TPSA) is 26.0 Å². The third-order valence-corrected chi connectivity index (χ3v) is 4.14. The van der Waals surface area contributed by atoms with Crippen molar-refractivity contribution in [3.63, 3.8) is 0 Å². The van der Waals surface area contributed by atoms with Crippen LogP contribution in [0.2, 0.25) is 0 Å². The van der Waals surface area contributed by atoms with Gasteiger partial charge in [0.05, 0.1) is 0 Å². The molecular formula is C16H25N.